The van der Waals surface area contributed by atoms with Crippen molar-refractivity contribution in [1.82, 2.24) is 4.31 Å². The third-order valence-electron chi connectivity index (χ3n) is 2.71. The molecule has 0 spiro atoms. The Morgan fingerprint density at radius 3 is 2.21 bits per heavy atom. The zero-order valence-corrected chi connectivity index (χ0v) is 14.7. The Bertz CT molecular complexity index is 526. The fourth-order valence-electron chi connectivity index (χ4n) is 1.64. The van der Waals surface area contributed by atoms with Gasteiger partial charge in [-0.25, -0.2) is 12.7 Å². The van der Waals surface area contributed by atoms with E-state index in [9.17, 15) is 8.42 Å². The Kier molecular flexibility index (Phi) is 6.60. The molecule has 19 heavy (non-hydrogen) atoms. The summed E-state index contributed by atoms with van der Waals surface area (Å²) in [7, 11) is -2.11. The van der Waals surface area contributed by atoms with Crippen LogP contribution in [0.1, 0.15) is 26.2 Å². The Morgan fingerprint density at radius 2 is 1.74 bits per heavy atom. The molecule has 0 aliphatic heterocycles. The second-order valence-corrected chi connectivity index (χ2v) is 7.94. The summed E-state index contributed by atoms with van der Waals surface area (Å²) in [6, 6.07) is 3.06. The predicted octanol–water partition coefficient (Wildman–Crippen LogP) is 4.57. The Labute approximate surface area is 133 Å². The zero-order valence-electron chi connectivity index (χ0n) is 10.8. The third kappa shape index (κ3) is 4.33. The summed E-state index contributed by atoms with van der Waals surface area (Å²) in [6.07, 6.45) is 2.84. The first kappa shape index (κ1) is 17.2. The molecule has 3 nitrogen and oxygen atoms in total. The van der Waals surface area contributed by atoms with Crippen molar-refractivity contribution < 1.29 is 8.42 Å². The van der Waals surface area contributed by atoms with Gasteiger partial charge in [-0.2, -0.15) is 0 Å². The summed E-state index contributed by atoms with van der Waals surface area (Å²) in [5.74, 6) is 0. The molecule has 0 radical (unpaired) electrons. The van der Waals surface area contributed by atoms with Gasteiger partial charge in [0.15, 0.2) is 0 Å². The largest absolute Gasteiger partial charge is 0.245 e. The van der Waals surface area contributed by atoms with Crippen molar-refractivity contribution in [3.8, 4) is 0 Å². The van der Waals surface area contributed by atoms with Crippen LogP contribution in [0.5, 0.6) is 0 Å². The van der Waals surface area contributed by atoms with Crippen LogP contribution in [0.4, 0.5) is 0 Å². The van der Waals surface area contributed by atoms with Gasteiger partial charge >= 0.3 is 0 Å². The van der Waals surface area contributed by atoms with Crippen molar-refractivity contribution in [3.05, 3.63) is 26.7 Å². The van der Waals surface area contributed by atoms with Gasteiger partial charge in [0.25, 0.3) is 0 Å². The van der Waals surface area contributed by atoms with E-state index in [0.717, 1.165) is 19.3 Å². The van der Waals surface area contributed by atoms with E-state index in [1.165, 1.54) is 16.4 Å². The number of hydrogen-bond donors (Lipinski definition) is 0. The lowest BCUT2D eigenvalue weighted by Crippen LogP contribution is -2.28. The normalized spacial score (nSPS) is 12.1. The first-order chi connectivity index (χ1) is 8.80. The maximum absolute atomic E-state index is 12.4. The Morgan fingerprint density at radius 1 is 1.21 bits per heavy atom. The number of unbranched alkanes of at least 4 members (excludes halogenated alkanes) is 2. The van der Waals surface area contributed by atoms with E-state index in [4.69, 9.17) is 23.2 Å². The summed E-state index contributed by atoms with van der Waals surface area (Å²) in [5, 5.41) is 0.253. The van der Waals surface area contributed by atoms with Crippen LogP contribution in [0.3, 0.4) is 0 Å². The van der Waals surface area contributed by atoms with E-state index < -0.39 is 10.0 Å². The highest BCUT2D eigenvalue weighted by Gasteiger charge is 2.26. The molecular weight excluding hydrogens is 373 g/mol. The van der Waals surface area contributed by atoms with Crippen molar-refractivity contribution in [3.63, 3.8) is 0 Å². The highest BCUT2D eigenvalue weighted by molar-refractivity contribution is 9.10. The molecule has 0 amide bonds. The SMILES string of the molecule is CCCCCN(C)S(=O)(=O)c1c(Cl)cc(Br)cc1Cl. The third-order valence-corrected chi connectivity index (χ3v) is 5.94. The summed E-state index contributed by atoms with van der Waals surface area (Å²) in [4.78, 5) is -0.0296. The van der Waals surface area contributed by atoms with E-state index in [2.05, 4.69) is 22.9 Å². The molecule has 1 rings (SSSR count). The van der Waals surface area contributed by atoms with E-state index in [1.807, 2.05) is 0 Å². The quantitative estimate of drug-likeness (QED) is 0.669. The lowest BCUT2D eigenvalue weighted by Gasteiger charge is -2.18. The first-order valence-corrected chi connectivity index (χ1v) is 8.90. The minimum absolute atomic E-state index is 0.0296. The monoisotopic (exact) mass is 387 g/mol. The van der Waals surface area contributed by atoms with Crippen LogP contribution in [0.2, 0.25) is 10.0 Å². The zero-order chi connectivity index (χ0) is 14.6. The van der Waals surface area contributed by atoms with Crippen LogP contribution < -0.4 is 0 Å². The fourth-order valence-corrected chi connectivity index (χ4v) is 4.72. The molecule has 108 valence electrons. The summed E-state index contributed by atoms with van der Waals surface area (Å²) < 4.78 is 26.8. The minimum Gasteiger partial charge on any atom is -0.207 e. The van der Waals surface area contributed by atoms with Crippen molar-refractivity contribution in [2.45, 2.75) is 31.1 Å². The molecule has 0 aliphatic carbocycles. The molecule has 0 heterocycles. The Hall–Kier alpha value is 0.190. The average molecular weight is 389 g/mol. The Balaban J connectivity index is 3.07. The molecule has 0 aliphatic rings. The summed E-state index contributed by atoms with van der Waals surface area (Å²) >= 11 is 15.2. The lowest BCUT2D eigenvalue weighted by atomic mass is 10.2. The molecule has 0 atom stereocenters. The molecular formula is C12H16BrCl2NO2S. The average Bonchev–Trinajstić information content (AvgIpc) is 2.27. The number of rotatable bonds is 6. The van der Waals surface area contributed by atoms with E-state index in [0.29, 0.717) is 11.0 Å². The number of halogens is 3. The fraction of sp³-hybridized carbons (Fsp3) is 0.500. The molecule has 7 heteroatoms. The van der Waals surface area contributed by atoms with Gasteiger partial charge in [0.2, 0.25) is 10.0 Å². The smallest absolute Gasteiger partial charge is 0.207 e. The molecule has 0 fully saturated rings. The lowest BCUT2D eigenvalue weighted by molar-refractivity contribution is 0.454. The van der Waals surface area contributed by atoms with Gasteiger partial charge in [0.1, 0.15) is 4.90 Å². The number of nitrogens with zero attached hydrogens (tertiary/aromatic N) is 1. The number of benzene rings is 1. The van der Waals surface area contributed by atoms with Crippen LogP contribution in [0.25, 0.3) is 0 Å². The topological polar surface area (TPSA) is 37.4 Å². The van der Waals surface area contributed by atoms with E-state index in [1.54, 1.807) is 7.05 Å². The van der Waals surface area contributed by atoms with Crippen molar-refractivity contribution in [2.24, 2.45) is 0 Å². The van der Waals surface area contributed by atoms with Crippen LogP contribution >= 0.6 is 39.1 Å². The molecule has 1 aromatic rings. The van der Waals surface area contributed by atoms with E-state index in [-0.39, 0.29) is 14.9 Å². The maximum atomic E-state index is 12.4. The van der Waals surface area contributed by atoms with Crippen molar-refractivity contribution in [2.75, 3.05) is 13.6 Å². The van der Waals surface area contributed by atoms with Gasteiger partial charge < -0.3 is 0 Å². The standard InChI is InChI=1S/C12H16BrCl2NO2S/c1-3-4-5-6-16(2)19(17,18)12-10(14)7-9(13)8-11(12)15/h7-8H,3-6H2,1-2H3. The van der Waals surface area contributed by atoms with Gasteiger partial charge in [-0.15, -0.1) is 0 Å². The second kappa shape index (κ2) is 7.27. The maximum Gasteiger partial charge on any atom is 0.245 e. The van der Waals surface area contributed by atoms with Crippen LogP contribution in [0.15, 0.2) is 21.5 Å². The van der Waals surface area contributed by atoms with Gasteiger partial charge in [-0.05, 0) is 18.6 Å². The van der Waals surface area contributed by atoms with Crippen LogP contribution in [0, 0.1) is 0 Å². The first-order valence-electron chi connectivity index (χ1n) is 5.91. The molecule has 0 unspecified atom stereocenters. The molecule has 0 N–H and O–H groups in total. The highest BCUT2D eigenvalue weighted by atomic mass is 79.9. The molecule has 0 aromatic heterocycles. The van der Waals surface area contributed by atoms with Gasteiger partial charge in [0.05, 0.1) is 10.0 Å². The van der Waals surface area contributed by atoms with Gasteiger partial charge in [-0.3, -0.25) is 0 Å². The van der Waals surface area contributed by atoms with Crippen LogP contribution in [-0.4, -0.2) is 26.3 Å². The second-order valence-electron chi connectivity index (χ2n) is 4.23. The molecule has 0 saturated heterocycles. The molecule has 0 saturated carbocycles. The van der Waals surface area contributed by atoms with E-state index >= 15 is 0 Å². The van der Waals surface area contributed by atoms with Gasteiger partial charge in [0, 0.05) is 18.1 Å². The summed E-state index contributed by atoms with van der Waals surface area (Å²) in [6.45, 7) is 2.52. The van der Waals surface area contributed by atoms with Crippen LogP contribution in [-0.2, 0) is 10.0 Å². The van der Waals surface area contributed by atoms with Crippen molar-refractivity contribution in [1.29, 1.82) is 0 Å². The summed E-state index contributed by atoms with van der Waals surface area (Å²) in [5.41, 5.74) is 0. The number of sulfonamides is 1. The van der Waals surface area contributed by atoms with Crippen molar-refractivity contribution >= 4 is 49.2 Å². The highest BCUT2D eigenvalue weighted by Crippen LogP contribution is 2.34. The molecule has 1 aromatic carbocycles. The molecule has 0 bridgehead atoms. The predicted molar refractivity (Wildman–Crippen MR) is 83.5 cm³/mol. The number of hydrogen-bond acceptors (Lipinski definition) is 2. The van der Waals surface area contributed by atoms with Gasteiger partial charge in [-0.1, -0.05) is 58.9 Å². The minimum atomic E-state index is -3.65.